The highest BCUT2D eigenvalue weighted by molar-refractivity contribution is 6.04. The van der Waals surface area contributed by atoms with Crippen molar-refractivity contribution in [2.24, 2.45) is 0 Å². The normalized spacial score (nSPS) is 14.9. The molecule has 2 aliphatic heterocycles. The Morgan fingerprint density at radius 3 is 1.71 bits per heavy atom. The van der Waals surface area contributed by atoms with Crippen molar-refractivity contribution in [3.05, 3.63) is 122 Å². The summed E-state index contributed by atoms with van der Waals surface area (Å²) < 4.78 is 29.7. The van der Waals surface area contributed by atoms with Crippen LogP contribution in [0.1, 0.15) is 45.2 Å². The fourth-order valence-electron chi connectivity index (χ4n) is 11.5. The number of benzene rings is 4. The molecule has 20 heteroatoms. The number of ether oxygens (including phenoxy) is 4. The summed E-state index contributed by atoms with van der Waals surface area (Å²) in [4.78, 5) is 54.6. The third-order valence-electron chi connectivity index (χ3n) is 16.8. The van der Waals surface area contributed by atoms with Gasteiger partial charge in [0.1, 0.15) is 34.2 Å². The van der Waals surface area contributed by atoms with E-state index in [4.69, 9.17) is 33.9 Å². The van der Waals surface area contributed by atoms with Crippen LogP contribution in [0.15, 0.2) is 117 Å². The molecule has 0 atom stereocenters. The summed E-state index contributed by atoms with van der Waals surface area (Å²) in [6, 6.07) is 23.8. The van der Waals surface area contributed by atoms with Crippen molar-refractivity contribution in [3.63, 3.8) is 0 Å². The van der Waals surface area contributed by atoms with Crippen molar-refractivity contribution in [2.75, 3.05) is 100 Å². The van der Waals surface area contributed by atoms with Crippen LogP contribution in [0.25, 0.3) is 44.3 Å². The minimum atomic E-state index is -0.367. The lowest BCUT2D eigenvalue weighted by atomic mass is 10.0. The zero-order valence-corrected chi connectivity index (χ0v) is 49.2. The van der Waals surface area contributed by atoms with Crippen molar-refractivity contribution in [1.82, 2.24) is 38.9 Å². The third kappa shape index (κ3) is 10.8. The molecule has 0 saturated heterocycles. The number of hydrogen-bond acceptors (Lipinski definition) is 16. The van der Waals surface area contributed by atoms with Gasteiger partial charge >= 0.3 is 0 Å². The molecule has 20 nitrogen and oxygen atoms in total. The molecule has 8 aromatic rings. The van der Waals surface area contributed by atoms with E-state index in [-0.39, 0.29) is 28.6 Å². The van der Waals surface area contributed by atoms with Crippen molar-refractivity contribution >= 4 is 79.6 Å². The number of nitrogens with zero attached hydrogens (tertiary/aromatic N) is 10. The summed E-state index contributed by atoms with van der Waals surface area (Å²) in [5.74, 6) is 2.81. The SMILES string of the molecule is C=CC(=O)Nc1cc(Nc2nccc(-c3cn4c5c(cccc35)OC3(CC3)C4)n2)c(OC)cc1N(C)CCN(C)Cc1cc(-c2cn3c4c(cccc24)OC2(CC2)C3)nc(Nc2cc(NC(=O)C=C)c(N(C)CC(C)(C)N(C)C)cc2OC)n1. The molecule has 4 N–H and O–H groups in total. The Morgan fingerprint density at radius 1 is 0.667 bits per heavy atom. The number of carbonyl (C=O) groups is 2. The van der Waals surface area contributed by atoms with E-state index in [1.54, 1.807) is 20.4 Å². The molecule has 2 spiro atoms. The van der Waals surface area contributed by atoms with Gasteiger partial charge in [0, 0.05) is 98.4 Å². The van der Waals surface area contributed by atoms with Crippen LogP contribution in [0.5, 0.6) is 23.0 Å². The number of para-hydroxylation sites is 2. The Morgan fingerprint density at radius 2 is 1.19 bits per heavy atom. The van der Waals surface area contributed by atoms with Gasteiger partial charge in [-0.1, -0.05) is 37.4 Å². The summed E-state index contributed by atoms with van der Waals surface area (Å²) in [5, 5.41) is 15.0. The van der Waals surface area contributed by atoms with Crippen LogP contribution < -0.4 is 50.0 Å². The van der Waals surface area contributed by atoms with Gasteiger partial charge in [-0.15, -0.1) is 0 Å². The second kappa shape index (κ2) is 21.6. The Bertz CT molecular complexity index is 3930. The van der Waals surface area contributed by atoms with E-state index < -0.39 is 0 Å². The predicted octanol–water partition coefficient (Wildman–Crippen LogP) is 10.5. The number of aromatic nitrogens is 6. The molecule has 0 radical (unpaired) electrons. The van der Waals surface area contributed by atoms with E-state index >= 15 is 0 Å². The zero-order valence-electron chi connectivity index (χ0n) is 49.2. The van der Waals surface area contributed by atoms with Gasteiger partial charge in [0.25, 0.3) is 0 Å². The minimum Gasteiger partial charge on any atom is -0.494 e. The maximum absolute atomic E-state index is 13.1. The molecule has 0 bridgehead atoms. The molecule has 4 aliphatic rings. The zero-order chi connectivity index (χ0) is 58.8. The van der Waals surface area contributed by atoms with Crippen LogP contribution in [-0.4, -0.2) is 137 Å². The highest BCUT2D eigenvalue weighted by atomic mass is 16.5. The highest BCUT2D eigenvalue weighted by Gasteiger charge is 2.50. The van der Waals surface area contributed by atoms with Crippen LogP contribution >= 0.6 is 0 Å². The molecule has 2 aliphatic carbocycles. The van der Waals surface area contributed by atoms with Crippen LogP contribution in [-0.2, 0) is 29.2 Å². The number of carbonyl (C=O) groups excluding carboxylic acids is 2. The Hall–Kier alpha value is -9.14. The Balaban J connectivity index is 0.825. The number of likely N-dealkylation sites (N-methyl/N-ethyl adjacent to an activating group) is 4. The topological polar surface area (TPSA) is 194 Å². The van der Waals surface area contributed by atoms with E-state index in [0.717, 1.165) is 112 Å². The van der Waals surface area contributed by atoms with E-state index in [9.17, 15) is 9.59 Å². The standard InChI is InChI=1S/C64H72N14O6/c1-12-56(79)67-46-29-48(71-60-65-25-20-44(69-60)42-34-77-37-63(21-22-63)83-52-18-14-16-40(42)58(52)77)54(81-10)31-50(46)75(8)27-26-74(7)33-39-28-45(43-35-78-38-64(23-24-64)84-53-19-15-17-41(43)59(53)78)70-61(66-39)72-49-30-47(68-57(80)13-2)51(32-55(49)82-11)76(9)36-62(3,4)73(5)6/h12-20,25,28-32,34-35H,1-2,21-24,26-27,33,36-38H2,3-11H3,(H,67,79)(H,68,80)(H,65,69,71)(H,66,70,72). The monoisotopic (exact) mass is 1130 g/mol. The maximum atomic E-state index is 13.1. The lowest BCUT2D eigenvalue weighted by Gasteiger charge is -2.37. The van der Waals surface area contributed by atoms with Gasteiger partial charge in [-0.05, 0) is 109 Å². The molecule has 84 heavy (non-hydrogen) atoms. The van der Waals surface area contributed by atoms with E-state index in [2.05, 4.69) is 107 Å². The molecule has 12 rings (SSSR count). The summed E-state index contributed by atoms with van der Waals surface area (Å²) in [7, 11) is 13.3. The molecular weight excluding hydrogens is 1060 g/mol. The van der Waals surface area contributed by atoms with Crippen LogP contribution in [0.2, 0.25) is 0 Å². The fraction of sp³-hybridized carbons (Fsp3) is 0.344. The average Bonchev–Trinajstić information content (AvgIpc) is 1.97. The predicted molar refractivity (Wildman–Crippen MR) is 332 cm³/mol. The van der Waals surface area contributed by atoms with Crippen molar-refractivity contribution in [1.29, 1.82) is 0 Å². The third-order valence-corrected chi connectivity index (χ3v) is 16.8. The number of methoxy groups -OCH3 is 2. The number of amides is 2. The molecule has 434 valence electrons. The van der Waals surface area contributed by atoms with Gasteiger partial charge in [-0.2, -0.15) is 0 Å². The van der Waals surface area contributed by atoms with Crippen molar-refractivity contribution in [3.8, 4) is 45.5 Å². The molecule has 2 saturated carbocycles. The molecule has 6 heterocycles. The Kier molecular flexibility index (Phi) is 14.2. The average molecular weight is 1130 g/mol. The van der Waals surface area contributed by atoms with Gasteiger partial charge in [-0.3, -0.25) is 14.5 Å². The lowest BCUT2D eigenvalue weighted by molar-refractivity contribution is -0.112. The smallest absolute Gasteiger partial charge is 0.247 e. The number of anilines is 8. The fourth-order valence-corrected chi connectivity index (χ4v) is 11.5. The molecule has 4 aromatic carbocycles. The quantitative estimate of drug-likeness (QED) is 0.0468. The molecule has 4 aromatic heterocycles. The first-order valence-corrected chi connectivity index (χ1v) is 28.3. The van der Waals surface area contributed by atoms with Gasteiger partial charge in [0.15, 0.2) is 0 Å². The summed E-state index contributed by atoms with van der Waals surface area (Å²) in [6.45, 7) is 15.6. The summed E-state index contributed by atoms with van der Waals surface area (Å²) in [6.07, 6.45) is 12.7. The largest absolute Gasteiger partial charge is 0.494 e. The van der Waals surface area contributed by atoms with E-state index in [0.29, 0.717) is 72.3 Å². The first kappa shape index (κ1) is 55.4. The summed E-state index contributed by atoms with van der Waals surface area (Å²) in [5.41, 5.74) is 9.49. The first-order valence-electron chi connectivity index (χ1n) is 28.3. The molecule has 2 fully saturated rings. The first-order chi connectivity index (χ1) is 40.4. The lowest BCUT2D eigenvalue weighted by Crippen LogP contribution is -2.47. The minimum absolute atomic E-state index is 0.115. The van der Waals surface area contributed by atoms with Crippen LogP contribution in [0, 0.1) is 0 Å². The van der Waals surface area contributed by atoms with Crippen LogP contribution in [0.4, 0.5) is 46.0 Å². The van der Waals surface area contributed by atoms with E-state index in [1.807, 2.05) is 95.9 Å². The van der Waals surface area contributed by atoms with E-state index in [1.165, 1.54) is 12.2 Å². The van der Waals surface area contributed by atoms with Crippen LogP contribution in [0.3, 0.4) is 0 Å². The van der Waals surface area contributed by atoms with Crippen molar-refractivity contribution in [2.45, 2.75) is 75.9 Å². The molecule has 0 unspecified atom stereocenters. The number of hydrogen-bond donors (Lipinski definition) is 4. The summed E-state index contributed by atoms with van der Waals surface area (Å²) >= 11 is 0. The maximum Gasteiger partial charge on any atom is 0.247 e. The number of rotatable bonds is 22. The second-order valence-corrected chi connectivity index (χ2v) is 23.5. The molecule has 2 amide bonds. The molecular formula is C64H72N14O6. The van der Waals surface area contributed by atoms with Gasteiger partial charge < -0.3 is 64.0 Å². The number of nitrogens with one attached hydrogen (secondary N) is 4. The Labute approximate surface area is 489 Å². The highest BCUT2D eigenvalue weighted by Crippen LogP contribution is 2.51. The van der Waals surface area contributed by atoms with Gasteiger partial charge in [0.2, 0.25) is 23.7 Å². The second-order valence-electron chi connectivity index (χ2n) is 23.5. The van der Waals surface area contributed by atoms with Gasteiger partial charge in [0.05, 0.1) is 89.5 Å². The van der Waals surface area contributed by atoms with Crippen molar-refractivity contribution < 1.29 is 28.5 Å². The van der Waals surface area contributed by atoms with Gasteiger partial charge in [-0.25, -0.2) is 19.9 Å².